The first-order chi connectivity index (χ1) is 17.7. The Morgan fingerprint density at radius 3 is 2.57 bits per heavy atom. The van der Waals surface area contributed by atoms with Crippen LogP contribution in [0.3, 0.4) is 0 Å². The summed E-state index contributed by atoms with van der Waals surface area (Å²) in [5, 5.41) is 8.86. The normalized spacial score (nSPS) is 13.7. The van der Waals surface area contributed by atoms with Crippen molar-refractivity contribution in [3.63, 3.8) is 0 Å². The number of benzene rings is 1. The van der Waals surface area contributed by atoms with E-state index in [0.717, 1.165) is 35.1 Å². The Labute approximate surface area is 221 Å². The SMILES string of the molecule is C=C/C=C(\C=C/C(C)CC)c1nc(C(=N)N(CCC)C(N)=O)c(-c2ccc(/C=N\C(C)CC)c(C)c2)[nH]1. The minimum absolute atomic E-state index is 0.0317. The third-order valence-electron chi connectivity index (χ3n) is 6.35. The smallest absolute Gasteiger partial charge is 0.320 e. The first-order valence-corrected chi connectivity index (χ1v) is 13.1. The van der Waals surface area contributed by atoms with E-state index in [4.69, 9.17) is 16.1 Å². The second kappa shape index (κ2) is 14.1. The van der Waals surface area contributed by atoms with Gasteiger partial charge in [0.1, 0.15) is 11.5 Å². The van der Waals surface area contributed by atoms with Crippen LogP contribution in [-0.4, -0.2) is 45.5 Å². The maximum Gasteiger partial charge on any atom is 0.320 e. The number of H-pyrrole nitrogens is 1. The zero-order chi connectivity index (χ0) is 27.5. The van der Waals surface area contributed by atoms with Crippen LogP contribution in [0.15, 0.2) is 54.1 Å². The molecule has 0 spiro atoms. The number of hydrogen-bond donors (Lipinski definition) is 3. The highest BCUT2D eigenvalue weighted by molar-refractivity contribution is 6.08. The van der Waals surface area contributed by atoms with Crippen LogP contribution >= 0.6 is 0 Å². The van der Waals surface area contributed by atoms with Crippen LogP contribution in [0.1, 0.15) is 76.5 Å². The van der Waals surface area contributed by atoms with Gasteiger partial charge in [-0.3, -0.25) is 15.3 Å². The number of aliphatic imine (C=N–C) groups is 1. The molecule has 0 saturated heterocycles. The van der Waals surface area contributed by atoms with E-state index in [2.05, 4.69) is 50.3 Å². The van der Waals surface area contributed by atoms with Crippen molar-refractivity contribution in [1.29, 1.82) is 5.41 Å². The molecule has 0 aliphatic heterocycles. The third kappa shape index (κ3) is 7.87. The number of imidazole rings is 1. The topological polar surface area (TPSA) is 111 Å². The first kappa shape index (κ1) is 29.5. The minimum atomic E-state index is -0.673. The number of carbonyl (C=O) groups excluding carboxylic acids is 1. The molecule has 4 N–H and O–H groups in total. The molecule has 2 rings (SSSR count). The molecule has 2 aromatic rings. The van der Waals surface area contributed by atoms with Crippen LogP contribution in [0.4, 0.5) is 4.79 Å². The van der Waals surface area contributed by atoms with Crippen LogP contribution in [0.25, 0.3) is 16.8 Å². The van der Waals surface area contributed by atoms with Gasteiger partial charge in [0.05, 0.1) is 5.69 Å². The molecular weight excluding hydrogens is 460 g/mol. The average molecular weight is 503 g/mol. The fraction of sp³-hybridized carbons (Fsp3) is 0.400. The zero-order valence-corrected chi connectivity index (χ0v) is 23.1. The Bertz CT molecular complexity index is 1190. The largest absolute Gasteiger partial charge is 0.351 e. The molecule has 0 aliphatic carbocycles. The summed E-state index contributed by atoms with van der Waals surface area (Å²) in [5.41, 5.74) is 10.4. The number of rotatable bonds is 12. The highest BCUT2D eigenvalue weighted by atomic mass is 16.2. The number of carbonyl (C=O) groups is 1. The van der Waals surface area contributed by atoms with Crippen molar-refractivity contribution in [1.82, 2.24) is 14.9 Å². The van der Waals surface area contributed by atoms with Gasteiger partial charge in [-0.2, -0.15) is 0 Å². The van der Waals surface area contributed by atoms with E-state index >= 15 is 0 Å². The molecule has 0 saturated carbocycles. The quantitative estimate of drug-likeness (QED) is 0.167. The molecule has 7 heteroatoms. The van der Waals surface area contributed by atoms with Crippen molar-refractivity contribution in [2.75, 3.05) is 6.54 Å². The highest BCUT2D eigenvalue weighted by Gasteiger charge is 2.24. The number of aromatic amines is 1. The van der Waals surface area contributed by atoms with E-state index in [9.17, 15) is 4.79 Å². The zero-order valence-electron chi connectivity index (χ0n) is 23.1. The van der Waals surface area contributed by atoms with Gasteiger partial charge in [-0.05, 0) is 49.8 Å². The Balaban J connectivity index is 2.67. The molecule has 0 bridgehead atoms. The Morgan fingerprint density at radius 2 is 2.00 bits per heavy atom. The second-order valence-electron chi connectivity index (χ2n) is 9.36. The summed E-state index contributed by atoms with van der Waals surface area (Å²) in [4.78, 5) is 26.3. The van der Waals surface area contributed by atoms with Crippen molar-refractivity contribution in [3.05, 3.63) is 71.7 Å². The van der Waals surface area contributed by atoms with Crippen molar-refractivity contribution in [2.45, 2.75) is 66.8 Å². The molecule has 1 heterocycles. The van der Waals surface area contributed by atoms with Gasteiger partial charge >= 0.3 is 6.03 Å². The Kier molecular flexibility index (Phi) is 11.2. The lowest BCUT2D eigenvalue weighted by Gasteiger charge is -2.20. The van der Waals surface area contributed by atoms with Crippen LogP contribution in [0.5, 0.6) is 0 Å². The van der Waals surface area contributed by atoms with E-state index in [1.54, 1.807) is 6.08 Å². The number of nitrogens with zero attached hydrogens (tertiary/aromatic N) is 3. The molecule has 37 heavy (non-hydrogen) atoms. The minimum Gasteiger partial charge on any atom is -0.351 e. The Hall–Kier alpha value is -3.74. The summed E-state index contributed by atoms with van der Waals surface area (Å²) >= 11 is 0. The lowest BCUT2D eigenvalue weighted by molar-refractivity contribution is 0.229. The molecule has 2 atom stereocenters. The molecule has 0 fully saturated rings. The summed E-state index contributed by atoms with van der Waals surface area (Å²) in [6.07, 6.45) is 12.3. The van der Waals surface area contributed by atoms with Crippen molar-refractivity contribution < 1.29 is 4.79 Å². The summed E-state index contributed by atoms with van der Waals surface area (Å²) in [6.45, 7) is 16.7. The highest BCUT2D eigenvalue weighted by Crippen LogP contribution is 2.28. The molecule has 2 unspecified atom stereocenters. The predicted octanol–water partition coefficient (Wildman–Crippen LogP) is 6.89. The molecule has 7 nitrogen and oxygen atoms in total. The fourth-order valence-electron chi connectivity index (χ4n) is 3.61. The number of amidine groups is 1. The van der Waals surface area contributed by atoms with Crippen LogP contribution in [0, 0.1) is 18.3 Å². The standard InChI is InChI=1S/C30H42N6O/c1-8-12-23(14-13-20(5)10-3)29-34-26(27(35-29)28(31)36(17-9-2)30(32)37)24-15-16-25(21(6)18-24)19-33-22(7)11-4/h8,12-16,18-20,22,31H,1,9-11,17H2,2-7H3,(H2,32,37)(H,34,35)/b14-13-,23-12+,31-28?,33-19-. The van der Waals surface area contributed by atoms with Crippen LogP contribution in [-0.2, 0) is 0 Å². The molecule has 198 valence electrons. The maximum atomic E-state index is 12.2. The number of allylic oxidation sites excluding steroid dienone is 5. The van der Waals surface area contributed by atoms with Gasteiger partial charge in [-0.15, -0.1) is 0 Å². The molecule has 1 aromatic heterocycles. The number of nitrogens with one attached hydrogen (secondary N) is 2. The molecule has 2 amide bonds. The maximum absolute atomic E-state index is 12.2. The van der Waals surface area contributed by atoms with Gasteiger partial charge in [-0.1, -0.05) is 77.1 Å². The molecule has 1 aromatic carbocycles. The molecule has 0 aliphatic rings. The van der Waals surface area contributed by atoms with Gasteiger partial charge in [0.2, 0.25) is 0 Å². The first-order valence-electron chi connectivity index (χ1n) is 13.1. The summed E-state index contributed by atoms with van der Waals surface area (Å²) in [7, 11) is 0. The van der Waals surface area contributed by atoms with Crippen molar-refractivity contribution in [3.8, 4) is 11.3 Å². The van der Waals surface area contributed by atoms with Crippen LogP contribution < -0.4 is 5.73 Å². The van der Waals surface area contributed by atoms with Crippen LogP contribution in [0.2, 0.25) is 0 Å². The molecular formula is C30H42N6O. The fourth-order valence-corrected chi connectivity index (χ4v) is 3.61. The number of amides is 2. The number of hydrogen-bond acceptors (Lipinski definition) is 4. The number of primary amides is 1. The predicted molar refractivity (Wildman–Crippen MR) is 156 cm³/mol. The number of aromatic nitrogens is 2. The number of urea groups is 1. The third-order valence-corrected chi connectivity index (χ3v) is 6.35. The summed E-state index contributed by atoms with van der Waals surface area (Å²) in [5.74, 6) is 0.966. The molecule has 0 radical (unpaired) electrons. The van der Waals surface area contributed by atoms with E-state index in [0.29, 0.717) is 36.1 Å². The summed E-state index contributed by atoms with van der Waals surface area (Å²) in [6, 6.07) is 5.64. The average Bonchev–Trinajstić information content (AvgIpc) is 3.33. The van der Waals surface area contributed by atoms with Crippen molar-refractivity contribution >= 4 is 23.7 Å². The van der Waals surface area contributed by atoms with E-state index in [1.165, 1.54) is 4.90 Å². The Morgan fingerprint density at radius 1 is 1.27 bits per heavy atom. The van der Waals surface area contributed by atoms with Gasteiger partial charge in [0.25, 0.3) is 0 Å². The second-order valence-corrected chi connectivity index (χ2v) is 9.36. The monoisotopic (exact) mass is 502 g/mol. The van der Waals surface area contributed by atoms with Gasteiger partial charge < -0.3 is 10.7 Å². The van der Waals surface area contributed by atoms with E-state index in [1.807, 2.05) is 50.4 Å². The number of aryl methyl sites for hydroxylation is 1. The van der Waals surface area contributed by atoms with Crippen molar-refractivity contribution in [2.24, 2.45) is 16.6 Å². The van der Waals surface area contributed by atoms with E-state index in [-0.39, 0.29) is 11.9 Å². The number of nitrogens with two attached hydrogens (primary N) is 1. The lowest BCUT2D eigenvalue weighted by Crippen LogP contribution is -2.41. The van der Waals surface area contributed by atoms with Gasteiger partial charge in [0.15, 0.2) is 5.84 Å². The summed E-state index contributed by atoms with van der Waals surface area (Å²) < 4.78 is 0. The van der Waals surface area contributed by atoms with Gasteiger partial charge in [0, 0.05) is 29.9 Å². The lowest BCUT2D eigenvalue weighted by atomic mass is 10.0. The van der Waals surface area contributed by atoms with Gasteiger partial charge in [-0.25, -0.2) is 9.78 Å². The van der Waals surface area contributed by atoms with E-state index < -0.39 is 6.03 Å².